The lowest BCUT2D eigenvalue weighted by Crippen LogP contribution is -2.03. The van der Waals surface area contributed by atoms with E-state index in [0.717, 1.165) is 21.6 Å². The van der Waals surface area contributed by atoms with Crippen LogP contribution in [0, 0.1) is 13.8 Å². The van der Waals surface area contributed by atoms with Crippen LogP contribution in [-0.4, -0.2) is 0 Å². The fourth-order valence-corrected chi connectivity index (χ4v) is 2.90. The van der Waals surface area contributed by atoms with Crippen molar-refractivity contribution in [1.29, 1.82) is 0 Å². The van der Waals surface area contributed by atoms with Crippen LogP contribution in [0.4, 0.5) is 5.69 Å². The van der Waals surface area contributed by atoms with Crippen molar-refractivity contribution in [2.45, 2.75) is 20.4 Å². The molecule has 0 aliphatic carbocycles. The summed E-state index contributed by atoms with van der Waals surface area (Å²) < 4.78 is 1.11. The number of anilines is 1. The van der Waals surface area contributed by atoms with Crippen molar-refractivity contribution in [2.24, 2.45) is 0 Å². The Hall–Kier alpha value is -0.990. The van der Waals surface area contributed by atoms with Crippen LogP contribution in [0.3, 0.4) is 0 Å². The van der Waals surface area contributed by atoms with Crippen molar-refractivity contribution in [3.05, 3.63) is 62.6 Å². The largest absolute Gasteiger partial charge is 0.380 e. The van der Waals surface area contributed by atoms with Gasteiger partial charge < -0.3 is 5.32 Å². The molecule has 0 atom stereocenters. The van der Waals surface area contributed by atoms with Gasteiger partial charge in [-0.3, -0.25) is 0 Å². The standard InChI is InChI=1S/C15H15BrClN/c1-10-7-13(16)8-11(2)15(10)18-9-12-5-3-4-6-14(12)17/h3-8,18H,9H2,1-2H3. The Morgan fingerprint density at radius 1 is 1.11 bits per heavy atom. The SMILES string of the molecule is Cc1cc(Br)cc(C)c1NCc1ccccc1Cl. The number of nitrogens with one attached hydrogen (secondary N) is 1. The average molecular weight is 325 g/mol. The molecule has 0 spiro atoms. The zero-order valence-corrected chi connectivity index (χ0v) is 12.8. The average Bonchev–Trinajstić information content (AvgIpc) is 2.30. The molecule has 0 heterocycles. The highest BCUT2D eigenvalue weighted by atomic mass is 79.9. The topological polar surface area (TPSA) is 12.0 Å². The molecule has 0 aromatic heterocycles. The summed E-state index contributed by atoms with van der Waals surface area (Å²) in [5, 5.41) is 4.26. The zero-order valence-electron chi connectivity index (χ0n) is 10.4. The molecule has 2 aromatic rings. The first kappa shape index (κ1) is 13.4. The predicted octanol–water partition coefficient (Wildman–Crippen LogP) is 5.33. The van der Waals surface area contributed by atoms with Crippen molar-refractivity contribution >= 4 is 33.2 Å². The van der Waals surface area contributed by atoms with Crippen LogP contribution < -0.4 is 5.32 Å². The van der Waals surface area contributed by atoms with E-state index in [4.69, 9.17) is 11.6 Å². The maximum atomic E-state index is 6.15. The lowest BCUT2D eigenvalue weighted by atomic mass is 10.1. The molecule has 0 aliphatic rings. The molecule has 2 aromatic carbocycles. The lowest BCUT2D eigenvalue weighted by molar-refractivity contribution is 1.13. The van der Waals surface area contributed by atoms with Gasteiger partial charge in [0, 0.05) is 21.7 Å². The highest BCUT2D eigenvalue weighted by Crippen LogP contribution is 2.26. The molecule has 0 unspecified atom stereocenters. The third-order valence-corrected chi connectivity index (χ3v) is 3.74. The smallest absolute Gasteiger partial charge is 0.0455 e. The second kappa shape index (κ2) is 5.77. The maximum Gasteiger partial charge on any atom is 0.0455 e. The summed E-state index contributed by atoms with van der Waals surface area (Å²) in [6.45, 7) is 4.95. The summed E-state index contributed by atoms with van der Waals surface area (Å²) in [5.74, 6) is 0. The molecule has 3 heteroatoms. The van der Waals surface area contributed by atoms with Gasteiger partial charge in [-0.25, -0.2) is 0 Å². The van der Waals surface area contributed by atoms with Crippen molar-refractivity contribution in [3.63, 3.8) is 0 Å². The number of hydrogen-bond acceptors (Lipinski definition) is 1. The molecule has 0 fully saturated rings. The van der Waals surface area contributed by atoms with Crippen LogP contribution in [-0.2, 0) is 6.54 Å². The lowest BCUT2D eigenvalue weighted by Gasteiger charge is -2.14. The summed E-state index contributed by atoms with van der Waals surface area (Å²) in [4.78, 5) is 0. The van der Waals surface area contributed by atoms with Crippen molar-refractivity contribution in [2.75, 3.05) is 5.32 Å². The fraction of sp³-hybridized carbons (Fsp3) is 0.200. The monoisotopic (exact) mass is 323 g/mol. The minimum Gasteiger partial charge on any atom is -0.380 e. The summed E-state index contributed by atoms with van der Waals surface area (Å²) in [7, 11) is 0. The van der Waals surface area contributed by atoms with Crippen LogP contribution in [0.15, 0.2) is 40.9 Å². The van der Waals surface area contributed by atoms with Crippen molar-refractivity contribution in [3.8, 4) is 0 Å². The highest BCUT2D eigenvalue weighted by Gasteiger charge is 2.05. The van der Waals surface area contributed by atoms with E-state index in [1.54, 1.807) is 0 Å². The molecule has 0 saturated carbocycles. The third-order valence-electron chi connectivity index (χ3n) is 2.91. The van der Waals surface area contributed by atoms with Crippen molar-refractivity contribution < 1.29 is 0 Å². The minimum atomic E-state index is 0.739. The van der Waals surface area contributed by atoms with Crippen LogP contribution in [0.5, 0.6) is 0 Å². The van der Waals surface area contributed by atoms with E-state index in [1.807, 2.05) is 24.3 Å². The summed E-state index contributed by atoms with van der Waals surface area (Å²) in [6, 6.07) is 12.1. The van der Waals surface area contributed by atoms with Crippen LogP contribution in [0.25, 0.3) is 0 Å². The van der Waals surface area contributed by atoms with Gasteiger partial charge in [-0.2, -0.15) is 0 Å². The van der Waals surface area contributed by atoms with Crippen molar-refractivity contribution in [1.82, 2.24) is 0 Å². The number of rotatable bonds is 3. The Kier molecular flexibility index (Phi) is 4.31. The Balaban J connectivity index is 2.19. The second-order valence-corrected chi connectivity index (χ2v) is 5.68. The molecule has 0 saturated heterocycles. The molecule has 0 aliphatic heterocycles. The Bertz CT molecular complexity index is 543. The summed E-state index contributed by atoms with van der Waals surface area (Å²) in [6.07, 6.45) is 0. The van der Waals surface area contributed by atoms with Gasteiger partial charge >= 0.3 is 0 Å². The highest BCUT2D eigenvalue weighted by molar-refractivity contribution is 9.10. The molecule has 0 bridgehead atoms. The van der Waals surface area contributed by atoms with Gasteiger partial charge in [0.2, 0.25) is 0 Å². The van der Waals surface area contributed by atoms with Crippen LogP contribution >= 0.6 is 27.5 Å². The molecule has 94 valence electrons. The predicted molar refractivity (Wildman–Crippen MR) is 82.4 cm³/mol. The number of halogens is 2. The van der Waals surface area contributed by atoms with E-state index in [2.05, 4.69) is 47.2 Å². The number of hydrogen-bond donors (Lipinski definition) is 1. The van der Waals surface area contributed by atoms with Crippen LogP contribution in [0.2, 0.25) is 5.02 Å². The molecule has 0 amide bonds. The first-order valence-corrected chi connectivity index (χ1v) is 6.99. The van der Waals surface area contributed by atoms with Gasteiger partial charge in [0.05, 0.1) is 0 Å². The summed E-state index contributed by atoms with van der Waals surface area (Å²) >= 11 is 9.65. The van der Waals surface area contributed by atoms with E-state index in [9.17, 15) is 0 Å². The number of aryl methyl sites for hydroxylation is 2. The van der Waals surface area contributed by atoms with E-state index in [-0.39, 0.29) is 0 Å². The maximum absolute atomic E-state index is 6.15. The fourth-order valence-electron chi connectivity index (χ4n) is 2.01. The van der Waals surface area contributed by atoms with Gasteiger partial charge in [0.1, 0.15) is 0 Å². The van der Waals surface area contributed by atoms with E-state index in [1.165, 1.54) is 16.8 Å². The van der Waals surface area contributed by atoms with Gasteiger partial charge in [-0.1, -0.05) is 45.7 Å². The Morgan fingerprint density at radius 2 is 1.72 bits per heavy atom. The molecule has 18 heavy (non-hydrogen) atoms. The number of benzene rings is 2. The van der Waals surface area contributed by atoms with Gasteiger partial charge in [-0.15, -0.1) is 0 Å². The normalized spacial score (nSPS) is 10.4. The zero-order chi connectivity index (χ0) is 13.1. The van der Waals surface area contributed by atoms with Gasteiger partial charge in [0.15, 0.2) is 0 Å². The molecular formula is C15H15BrClN. The Morgan fingerprint density at radius 3 is 2.33 bits per heavy atom. The molecule has 1 N–H and O–H groups in total. The van der Waals surface area contributed by atoms with E-state index >= 15 is 0 Å². The quantitative estimate of drug-likeness (QED) is 0.804. The third kappa shape index (κ3) is 3.06. The first-order chi connectivity index (χ1) is 8.58. The second-order valence-electron chi connectivity index (χ2n) is 4.36. The molecule has 0 radical (unpaired) electrons. The van der Waals surface area contributed by atoms with E-state index in [0.29, 0.717) is 0 Å². The Labute approximate surface area is 121 Å². The van der Waals surface area contributed by atoms with Gasteiger partial charge in [-0.05, 0) is 48.7 Å². The van der Waals surface area contributed by atoms with E-state index < -0.39 is 0 Å². The first-order valence-electron chi connectivity index (χ1n) is 5.82. The molecule has 2 rings (SSSR count). The van der Waals surface area contributed by atoms with Crippen LogP contribution in [0.1, 0.15) is 16.7 Å². The van der Waals surface area contributed by atoms with Gasteiger partial charge in [0.25, 0.3) is 0 Å². The minimum absolute atomic E-state index is 0.739. The molecular weight excluding hydrogens is 310 g/mol. The molecule has 1 nitrogen and oxygen atoms in total. The summed E-state index contributed by atoms with van der Waals surface area (Å²) in [5.41, 5.74) is 4.75.